The molecular weight excluding hydrogens is 459 g/mol. The van der Waals surface area contributed by atoms with Crippen LogP contribution in [0.5, 0.6) is 0 Å². The van der Waals surface area contributed by atoms with Crippen molar-refractivity contribution in [3.63, 3.8) is 0 Å². The number of nitriles is 1. The van der Waals surface area contributed by atoms with Crippen LogP contribution in [0.25, 0.3) is 27.7 Å². The molecule has 0 spiro atoms. The molecule has 0 bridgehead atoms. The highest BCUT2D eigenvalue weighted by molar-refractivity contribution is 5.94. The number of benzene rings is 2. The minimum atomic E-state index is -0.566. The number of hydrogen-bond donors (Lipinski definition) is 2. The number of fused-ring (bicyclic) bond motifs is 1. The van der Waals surface area contributed by atoms with E-state index in [0.717, 1.165) is 6.20 Å². The fraction of sp³-hybridized carbons (Fsp3) is 0.0769. The van der Waals surface area contributed by atoms with Crippen molar-refractivity contribution in [2.75, 3.05) is 11.1 Å². The maximum atomic E-state index is 14.0. The summed E-state index contributed by atoms with van der Waals surface area (Å²) >= 11 is 0. The van der Waals surface area contributed by atoms with Crippen LogP contribution in [0.2, 0.25) is 0 Å². The second kappa shape index (κ2) is 9.23. The zero-order chi connectivity index (χ0) is 25.2. The molecule has 5 aromatic rings. The molecule has 0 unspecified atom stereocenters. The van der Waals surface area contributed by atoms with Crippen molar-refractivity contribution in [1.82, 2.24) is 24.5 Å². The van der Waals surface area contributed by atoms with E-state index >= 15 is 0 Å². The number of hydrogen-bond acceptors (Lipinski definition) is 8. The van der Waals surface area contributed by atoms with Crippen molar-refractivity contribution >= 4 is 22.7 Å². The van der Waals surface area contributed by atoms with Crippen LogP contribution < -0.4 is 16.6 Å². The van der Waals surface area contributed by atoms with Gasteiger partial charge in [0.05, 0.1) is 35.0 Å². The molecule has 0 aliphatic rings. The van der Waals surface area contributed by atoms with Crippen LogP contribution >= 0.6 is 0 Å². The average Bonchev–Trinajstić information content (AvgIpc) is 2.89. The van der Waals surface area contributed by atoms with Gasteiger partial charge in [-0.1, -0.05) is 30.3 Å². The van der Waals surface area contributed by atoms with E-state index in [1.54, 1.807) is 37.3 Å². The Morgan fingerprint density at radius 1 is 1.08 bits per heavy atom. The molecular formula is C26H19FN8O. The first kappa shape index (κ1) is 22.6. The Kier molecular flexibility index (Phi) is 5.80. The molecule has 0 aliphatic heterocycles. The fourth-order valence-electron chi connectivity index (χ4n) is 4.02. The Morgan fingerprint density at radius 2 is 1.89 bits per heavy atom. The third kappa shape index (κ3) is 4.10. The summed E-state index contributed by atoms with van der Waals surface area (Å²) in [4.78, 5) is 30.8. The predicted molar refractivity (Wildman–Crippen MR) is 134 cm³/mol. The molecule has 0 saturated carbocycles. The molecule has 3 heterocycles. The number of anilines is 2. The van der Waals surface area contributed by atoms with Crippen LogP contribution in [-0.4, -0.2) is 24.5 Å². The predicted octanol–water partition coefficient (Wildman–Crippen LogP) is 4.00. The summed E-state index contributed by atoms with van der Waals surface area (Å²) in [6.07, 6.45) is 3.94. The lowest BCUT2D eigenvalue weighted by atomic mass is 10.0. The molecule has 3 N–H and O–H groups in total. The highest BCUT2D eigenvalue weighted by Gasteiger charge is 2.21. The van der Waals surface area contributed by atoms with Gasteiger partial charge in [-0.25, -0.2) is 14.4 Å². The van der Waals surface area contributed by atoms with Gasteiger partial charge in [0.1, 0.15) is 29.1 Å². The second-order valence-corrected chi connectivity index (χ2v) is 8.01. The molecule has 5 rings (SSSR count). The van der Waals surface area contributed by atoms with Crippen LogP contribution in [0.1, 0.15) is 24.4 Å². The highest BCUT2D eigenvalue weighted by atomic mass is 19.1. The van der Waals surface area contributed by atoms with E-state index in [-0.39, 0.29) is 22.9 Å². The van der Waals surface area contributed by atoms with E-state index in [1.807, 2.05) is 24.3 Å². The van der Waals surface area contributed by atoms with E-state index in [4.69, 9.17) is 10.7 Å². The van der Waals surface area contributed by atoms with Crippen LogP contribution in [0.15, 0.2) is 78.0 Å². The number of nitrogens with zero attached hydrogens (tertiary/aromatic N) is 6. The quantitative estimate of drug-likeness (QED) is 0.387. The first-order valence-electron chi connectivity index (χ1n) is 11.0. The Balaban J connectivity index is 1.75. The van der Waals surface area contributed by atoms with Gasteiger partial charge in [0.15, 0.2) is 0 Å². The topological polar surface area (TPSA) is 135 Å². The largest absolute Gasteiger partial charge is 0.368 e. The van der Waals surface area contributed by atoms with Crippen LogP contribution in [-0.2, 0) is 0 Å². The summed E-state index contributed by atoms with van der Waals surface area (Å²) in [7, 11) is 0. The average molecular weight is 478 g/mol. The van der Waals surface area contributed by atoms with Crippen molar-refractivity contribution in [3.8, 4) is 22.9 Å². The smallest absolute Gasteiger partial charge is 0.266 e. The van der Waals surface area contributed by atoms with E-state index in [9.17, 15) is 14.4 Å². The maximum Gasteiger partial charge on any atom is 0.266 e. The molecule has 0 saturated heterocycles. The minimum Gasteiger partial charge on any atom is -0.368 e. The van der Waals surface area contributed by atoms with E-state index in [2.05, 4.69) is 20.3 Å². The van der Waals surface area contributed by atoms with Crippen molar-refractivity contribution in [3.05, 3.63) is 101 Å². The molecule has 3 aromatic heterocycles. The van der Waals surface area contributed by atoms with Gasteiger partial charge in [0.25, 0.3) is 5.56 Å². The van der Waals surface area contributed by atoms with E-state index in [1.165, 1.54) is 23.0 Å². The summed E-state index contributed by atoms with van der Waals surface area (Å²) in [5.41, 5.74) is 7.60. The van der Waals surface area contributed by atoms with E-state index in [0.29, 0.717) is 33.5 Å². The minimum absolute atomic E-state index is 0.00367. The number of para-hydroxylation sites is 1. The Labute approximate surface area is 204 Å². The number of nitrogens with one attached hydrogen (secondary N) is 1. The lowest BCUT2D eigenvalue weighted by molar-refractivity contribution is 0.622. The molecule has 176 valence electrons. The Hall–Kier alpha value is -5.17. The lowest BCUT2D eigenvalue weighted by Crippen LogP contribution is -2.28. The van der Waals surface area contributed by atoms with Crippen LogP contribution in [0.3, 0.4) is 0 Å². The SMILES string of the molecule is C[C@H](Nc1nc(N)ncc1C#N)c1nc2cccc(-c3cncc(F)c3)c2c(=O)n1-c1ccccc1. The lowest BCUT2D eigenvalue weighted by Gasteiger charge is -2.21. The number of nitrogens with two attached hydrogens (primary N) is 1. The summed E-state index contributed by atoms with van der Waals surface area (Å²) in [6.45, 7) is 1.80. The molecule has 0 amide bonds. The van der Waals surface area contributed by atoms with Gasteiger partial charge in [-0.15, -0.1) is 0 Å². The first-order valence-corrected chi connectivity index (χ1v) is 11.0. The van der Waals surface area contributed by atoms with Crippen molar-refractivity contribution < 1.29 is 4.39 Å². The molecule has 0 radical (unpaired) electrons. The monoisotopic (exact) mass is 478 g/mol. The van der Waals surface area contributed by atoms with Gasteiger partial charge in [-0.2, -0.15) is 10.2 Å². The Morgan fingerprint density at radius 3 is 2.64 bits per heavy atom. The molecule has 10 heteroatoms. The molecule has 9 nitrogen and oxygen atoms in total. The zero-order valence-electron chi connectivity index (χ0n) is 19.1. The maximum absolute atomic E-state index is 14.0. The van der Waals surface area contributed by atoms with Crippen molar-refractivity contribution in [1.29, 1.82) is 5.26 Å². The summed E-state index contributed by atoms with van der Waals surface area (Å²) in [5, 5.41) is 12.9. The number of nitrogen functional groups attached to an aromatic ring is 1. The summed E-state index contributed by atoms with van der Waals surface area (Å²) in [5.74, 6) is 0.108. The van der Waals surface area contributed by atoms with Crippen molar-refractivity contribution in [2.45, 2.75) is 13.0 Å². The molecule has 2 aromatic carbocycles. The zero-order valence-corrected chi connectivity index (χ0v) is 19.1. The van der Waals surface area contributed by atoms with Gasteiger partial charge in [-0.3, -0.25) is 14.3 Å². The summed E-state index contributed by atoms with van der Waals surface area (Å²) < 4.78 is 15.4. The number of rotatable bonds is 5. The standard InChI is InChI=1S/C26H19FN8O/c1-15(32-23-17(11-28)13-31-26(29)34-23)24-33-21-9-5-8-20(16-10-18(27)14-30-12-16)22(21)25(36)35(24)19-6-3-2-4-7-19/h2-10,12-15H,1H3,(H3,29,31,32,34)/t15-/m0/s1. The number of halogens is 1. The molecule has 0 aliphatic carbocycles. The Bertz CT molecular complexity index is 1700. The van der Waals surface area contributed by atoms with E-state index < -0.39 is 11.9 Å². The number of pyridine rings is 1. The number of aromatic nitrogens is 5. The first-order chi connectivity index (χ1) is 17.5. The fourth-order valence-corrected chi connectivity index (χ4v) is 4.02. The van der Waals surface area contributed by atoms with Gasteiger partial charge in [0, 0.05) is 11.8 Å². The van der Waals surface area contributed by atoms with Crippen LogP contribution in [0.4, 0.5) is 16.2 Å². The second-order valence-electron chi connectivity index (χ2n) is 8.01. The van der Waals surface area contributed by atoms with Gasteiger partial charge >= 0.3 is 0 Å². The third-order valence-electron chi connectivity index (χ3n) is 5.62. The van der Waals surface area contributed by atoms with Gasteiger partial charge in [0.2, 0.25) is 5.95 Å². The summed E-state index contributed by atoms with van der Waals surface area (Å²) in [6, 6.07) is 17.1. The normalized spacial score (nSPS) is 11.7. The molecule has 1 atom stereocenters. The molecule has 0 fully saturated rings. The highest BCUT2D eigenvalue weighted by Crippen LogP contribution is 2.28. The van der Waals surface area contributed by atoms with Crippen molar-refractivity contribution in [2.24, 2.45) is 0 Å². The molecule has 36 heavy (non-hydrogen) atoms. The van der Waals surface area contributed by atoms with Gasteiger partial charge < -0.3 is 11.1 Å². The van der Waals surface area contributed by atoms with Gasteiger partial charge in [-0.05, 0) is 36.8 Å². The van der Waals surface area contributed by atoms with Crippen LogP contribution in [0, 0.1) is 17.1 Å². The third-order valence-corrected chi connectivity index (χ3v) is 5.62.